The quantitative estimate of drug-likeness (QED) is 0.285. The van der Waals surface area contributed by atoms with Crippen molar-refractivity contribution in [3.05, 3.63) is 66.2 Å². The number of benzene rings is 2. The molecule has 2 saturated heterocycles. The van der Waals surface area contributed by atoms with Gasteiger partial charge in [0.1, 0.15) is 11.6 Å². The molecule has 1 aliphatic carbocycles. The van der Waals surface area contributed by atoms with Gasteiger partial charge in [-0.3, -0.25) is 14.9 Å². The van der Waals surface area contributed by atoms with Crippen LogP contribution < -0.4 is 14.5 Å². The van der Waals surface area contributed by atoms with Crippen LogP contribution in [0, 0.1) is 11.7 Å². The lowest BCUT2D eigenvalue weighted by Crippen LogP contribution is -2.53. The van der Waals surface area contributed by atoms with Crippen LogP contribution in [0.1, 0.15) is 45.1 Å². The van der Waals surface area contributed by atoms with Crippen LogP contribution in [-0.2, 0) is 5.41 Å². The molecule has 0 N–H and O–H groups in total. The minimum atomic E-state index is -0.140. The van der Waals surface area contributed by atoms with Gasteiger partial charge in [-0.05, 0) is 72.9 Å². The summed E-state index contributed by atoms with van der Waals surface area (Å²) in [5.74, 6) is 1.29. The predicted molar refractivity (Wildman–Crippen MR) is 165 cm³/mol. The fourth-order valence-electron chi connectivity index (χ4n) is 7.50. The van der Waals surface area contributed by atoms with Crippen LogP contribution in [-0.4, -0.2) is 67.3 Å². The number of aromatic nitrogens is 2. The summed E-state index contributed by atoms with van der Waals surface area (Å²) in [5, 5.41) is 1.75. The van der Waals surface area contributed by atoms with E-state index in [1.807, 2.05) is 36.7 Å². The van der Waals surface area contributed by atoms with E-state index in [1.54, 1.807) is 7.11 Å². The molecule has 2 aromatic heterocycles. The molecular weight excluding hydrogens is 513 g/mol. The summed E-state index contributed by atoms with van der Waals surface area (Å²) in [6, 6.07) is 14.4. The number of methoxy groups -OCH3 is 1. The van der Waals surface area contributed by atoms with Crippen LogP contribution in [0.5, 0.6) is 5.75 Å². The van der Waals surface area contributed by atoms with Crippen molar-refractivity contribution in [3.63, 3.8) is 0 Å². The Bertz CT molecular complexity index is 1580. The molecule has 2 aromatic carbocycles. The van der Waals surface area contributed by atoms with Crippen LogP contribution in [0.25, 0.3) is 21.8 Å². The van der Waals surface area contributed by atoms with Gasteiger partial charge in [-0.15, -0.1) is 0 Å². The Balaban J connectivity index is 1.08. The standard InChI is InChI=1S/C34H40FN5O/c1-23-8-11-34(23,2)28-22-29(35)27-7-5-13-37-32(27)33(28)40-14-9-25(10-15-40)38-16-18-39(19-17-38)30-21-26(41-3)20-24-6-4-12-36-31(24)30/h4-7,12-13,20-23,25H,8-11,14-19H2,1-3H3/t23-,34?/m1/s1. The fourth-order valence-corrected chi connectivity index (χ4v) is 7.50. The largest absolute Gasteiger partial charge is 0.497 e. The third-order valence-electron chi connectivity index (χ3n) is 10.5. The number of piperidine rings is 1. The third kappa shape index (κ3) is 4.49. The van der Waals surface area contributed by atoms with Crippen LogP contribution >= 0.6 is 0 Å². The number of halogens is 1. The van der Waals surface area contributed by atoms with Crippen molar-refractivity contribution in [3.8, 4) is 5.75 Å². The highest BCUT2D eigenvalue weighted by Crippen LogP contribution is 2.52. The Kier molecular flexibility index (Phi) is 6.73. The molecule has 2 aliphatic heterocycles. The average Bonchev–Trinajstić information content (AvgIpc) is 3.03. The molecule has 2 atom stereocenters. The molecule has 3 fully saturated rings. The van der Waals surface area contributed by atoms with Crippen LogP contribution in [0.15, 0.2) is 54.9 Å². The first-order valence-corrected chi connectivity index (χ1v) is 15.2. The lowest BCUT2D eigenvalue weighted by Gasteiger charge is -2.49. The molecule has 6 nitrogen and oxygen atoms in total. The van der Waals surface area contributed by atoms with Crippen LogP contribution in [0.3, 0.4) is 0 Å². The number of piperazine rings is 1. The average molecular weight is 554 g/mol. The molecule has 41 heavy (non-hydrogen) atoms. The van der Waals surface area contributed by atoms with E-state index in [0.717, 1.165) is 92.0 Å². The normalized spacial score (nSPS) is 24.1. The minimum absolute atomic E-state index is 0.00815. The van der Waals surface area contributed by atoms with Crippen molar-refractivity contribution in [2.45, 2.75) is 51.0 Å². The Morgan fingerprint density at radius 2 is 1.61 bits per heavy atom. The van der Waals surface area contributed by atoms with Gasteiger partial charge in [-0.2, -0.15) is 0 Å². The smallest absolute Gasteiger partial charge is 0.133 e. The van der Waals surface area contributed by atoms with Gasteiger partial charge < -0.3 is 14.5 Å². The first kappa shape index (κ1) is 26.4. The molecule has 3 aliphatic rings. The van der Waals surface area contributed by atoms with E-state index in [1.165, 1.54) is 12.1 Å². The van der Waals surface area contributed by atoms with Gasteiger partial charge in [-0.25, -0.2) is 4.39 Å². The van der Waals surface area contributed by atoms with Crippen molar-refractivity contribution < 1.29 is 9.13 Å². The maximum Gasteiger partial charge on any atom is 0.133 e. The number of rotatable bonds is 5. The highest BCUT2D eigenvalue weighted by molar-refractivity contribution is 5.94. The lowest BCUT2D eigenvalue weighted by molar-refractivity contribution is 0.155. The Labute approximate surface area is 242 Å². The summed E-state index contributed by atoms with van der Waals surface area (Å²) in [5.41, 5.74) is 5.38. The monoisotopic (exact) mass is 553 g/mol. The summed E-state index contributed by atoms with van der Waals surface area (Å²) in [4.78, 5) is 17.1. The van der Waals surface area contributed by atoms with Gasteiger partial charge in [0.2, 0.25) is 0 Å². The second-order valence-corrected chi connectivity index (χ2v) is 12.5. The number of ether oxygens (including phenoxy) is 1. The van der Waals surface area contributed by atoms with E-state index in [2.05, 4.69) is 46.7 Å². The van der Waals surface area contributed by atoms with E-state index < -0.39 is 0 Å². The third-order valence-corrected chi connectivity index (χ3v) is 10.5. The number of anilines is 2. The molecule has 4 heterocycles. The molecule has 0 spiro atoms. The topological polar surface area (TPSA) is 44.7 Å². The molecule has 7 heteroatoms. The number of nitrogens with zero attached hydrogens (tertiary/aromatic N) is 5. The van der Waals surface area contributed by atoms with Crippen molar-refractivity contribution in [1.82, 2.24) is 14.9 Å². The van der Waals surface area contributed by atoms with Crippen molar-refractivity contribution in [2.75, 3.05) is 56.2 Å². The fraction of sp³-hybridized carbons (Fsp3) is 0.471. The molecule has 1 unspecified atom stereocenters. The first-order chi connectivity index (χ1) is 20.0. The number of hydrogen-bond donors (Lipinski definition) is 0. The lowest BCUT2D eigenvalue weighted by atomic mass is 9.58. The van der Waals surface area contributed by atoms with E-state index in [0.29, 0.717) is 17.3 Å². The Hall–Kier alpha value is -3.45. The zero-order chi connectivity index (χ0) is 28.1. The molecular formula is C34H40FN5O. The van der Waals surface area contributed by atoms with Crippen LogP contribution in [0.4, 0.5) is 15.8 Å². The van der Waals surface area contributed by atoms with Gasteiger partial charge in [0.15, 0.2) is 0 Å². The number of pyridine rings is 2. The predicted octanol–water partition coefficient (Wildman–Crippen LogP) is 6.41. The van der Waals surface area contributed by atoms with Gasteiger partial charge in [0.05, 0.1) is 29.5 Å². The Morgan fingerprint density at radius 3 is 2.29 bits per heavy atom. The second kappa shape index (κ2) is 10.4. The van der Waals surface area contributed by atoms with Crippen molar-refractivity contribution >= 4 is 33.2 Å². The molecule has 0 amide bonds. The van der Waals surface area contributed by atoms with E-state index in [4.69, 9.17) is 14.7 Å². The van der Waals surface area contributed by atoms with Gasteiger partial charge in [0.25, 0.3) is 0 Å². The Morgan fingerprint density at radius 1 is 0.878 bits per heavy atom. The SMILES string of the molecule is COc1cc(N2CCN(C3CCN(c4c(C5(C)CC[C@H]5C)cc(F)c5cccnc45)CC3)CC2)c2ncccc2c1. The maximum absolute atomic E-state index is 15.3. The summed E-state index contributed by atoms with van der Waals surface area (Å²) in [6.45, 7) is 10.6. The van der Waals surface area contributed by atoms with Gasteiger partial charge >= 0.3 is 0 Å². The number of fused-ring (bicyclic) bond motifs is 2. The van der Waals surface area contributed by atoms with E-state index >= 15 is 4.39 Å². The van der Waals surface area contributed by atoms with E-state index in [9.17, 15) is 0 Å². The molecule has 0 bridgehead atoms. The van der Waals surface area contributed by atoms with Crippen molar-refractivity contribution in [1.29, 1.82) is 0 Å². The molecule has 214 valence electrons. The zero-order valence-electron chi connectivity index (χ0n) is 24.4. The summed E-state index contributed by atoms with van der Waals surface area (Å²) >= 11 is 0. The number of hydrogen-bond acceptors (Lipinski definition) is 6. The van der Waals surface area contributed by atoms with Gasteiger partial charge in [-0.1, -0.05) is 19.9 Å². The second-order valence-electron chi connectivity index (χ2n) is 12.5. The van der Waals surface area contributed by atoms with E-state index in [-0.39, 0.29) is 11.2 Å². The molecule has 7 rings (SSSR count). The summed E-state index contributed by atoms with van der Waals surface area (Å²) in [6.07, 6.45) is 8.22. The van der Waals surface area contributed by atoms with Crippen LogP contribution in [0.2, 0.25) is 0 Å². The molecule has 4 aromatic rings. The summed E-state index contributed by atoms with van der Waals surface area (Å²) < 4.78 is 20.9. The minimum Gasteiger partial charge on any atom is -0.497 e. The molecule has 0 radical (unpaired) electrons. The maximum atomic E-state index is 15.3. The summed E-state index contributed by atoms with van der Waals surface area (Å²) in [7, 11) is 1.73. The van der Waals surface area contributed by atoms with Gasteiger partial charge in [0, 0.05) is 74.5 Å². The highest BCUT2D eigenvalue weighted by atomic mass is 19.1. The van der Waals surface area contributed by atoms with Crippen molar-refractivity contribution in [2.24, 2.45) is 5.92 Å². The molecule has 1 saturated carbocycles. The zero-order valence-corrected chi connectivity index (χ0v) is 24.4. The highest BCUT2D eigenvalue weighted by Gasteiger charge is 2.44. The first-order valence-electron chi connectivity index (χ1n) is 15.2.